The predicted molar refractivity (Wildman–Crippen MR) is 132 cm³/mol. The van der Waals surface area contributed by atoms with E-state index in [1.54, 1.807) is 0 Å². The minimum Gasteiger partial charge on any atom is -0.341 e. The number of rotatable bonds is 4. The number of hydrogen-bond donors (Lipinski definition) is 1. The summed E-state index contributed by atoms with van der Waals surface area (Å²) >= 11 is 0. The summed E-state index contributed by atoms with van der Waals surface area (Å²) in [7, 11) is 0. The van der Waals surface area contributed by atoms with E-state index in [1.165, 1.54) is 12.8 Å². The molecular weight excluding hydrogens is 424 g/mol. The van der Waals surface area contributed by atoms with Crippen molar-refractivity contribution in [1.29, 1.82) is 5.26 Å². The Bertz CT molecular complexity index is 1240. The largest absolute Gasteiger partial charge is 0.341 e. The van der Waals surface area contributed by atoms with E-state index in [0.29, 0.717) is 24.8 Å². The molecule has 3 aromatic rings. The van der Waals surface area contributed by atoms with Gasteiger partial charge in [0, 0.05) is 37.3 Å². The lowest BCUT2D eigenvalue weighted by atomic mass is 9.86. The lowest BCUT2D eigenvalue weighted by molar-refractivity contribution is 0.0712. The molecule has 2 saturated heterocycles. The molecule has 0 unspecified atom stereocenters. The van der Waals surface area contributed by atoms with Gasteiger partial charge in [-0.05, 0) is 74.3 Å². The summed E-state index contributed by atoms with van der Waals surface area (Å²) in [6.45, 7) is 7.42. The van der Waals surface area contributed by atoms with Gasteiger partial charge in [0.15, 0.2) is 5.82 Å². The van der Waals surface area contributed by atoms with Crippen LogP contribution in [0.1, 0.15) is 64.2 Å². The third-order valence-corrected chi connectivity index (χ3v) is 7.24. The molecule has 0 radical (unpaired) electrons. The van der Waals surface area contributed by atoms with Crippen molar-refractivity contribution >= 4 is 11.9 Å². The summed E-state index contributed by atoms with van der Waals surface area (Å²) < 4.78 is 0. The number of nitrogens with one attached hydrogen (secondary N) is 1. The van der Waals surface area contributed by atoms with Gasteiger partial charge in [0.2, 0.25) is 5.95 Å². The number of aromatic nitrogens is 3. The molecule has 2 aromatic carbocycles. The van der Waals surface area contributed by atoms with Gasteiger partial charge in [0.25, 0.3) is 5.91 Å². The van der Waals surface area contributed by atoms with Crippen molar-refractivity contribution in [2.45, 2.75) is 45.4 Å². The second-order valence-corrected chi connectivity index (χ2v) is 9.44. The summed E-state index contributed by atoms with van der Waals surface area (Å²) in [6, 6.07) is 14.2. The smallest absolute Gasteiger partial charge is 0.254 e. The van der Waals surface area contributed by atoms with E-state index in [2.05, 4.69) is 32.2 Å². The monoisotopic (exact) mass is 454 g/mol. The Kier molecular flexibility index (Phi) is 6.06. The molecule has 1 aromatic heterocycles. The average molecular weight is 455 g/mol. The maximum Gasteiger partial charge on any atom is 0.254 e. The molecule has 5 rings (SSSR count). The average Bonchev–Trinajstić information content (AvgIpc) is 3.56. The van der Waals surface area contributed by atoms with Crippen LogP contribution in [-0.4, -0.2) is 52.2 Å². The van der Waals surface area contributed by atoms with Crippen molar-refractivity contribution in [3.05, 3.63) is 64.2 Å². The molecule has 0 spiro atoms. The zero-order chi connectivity index (χ0) is 23.7. The number of piperidine rings is 1. The summed E-state index contributed by atoms with van der Waals surface area (Å²) in [5.74, 6) is 1.89. The van der Waals surface area contributed by atoms with Crippen LogP contribution in [0.4, 0.5) is 5.95 Å². The SMILES string of the molecule is Cc1cc(C)c(-c2nnc(N3CCCC3)[nH]2)cc1C(=O)N1CCC(c2ccccc2C#N)CC1. The lowest BCUT2D eigenvalue weighted by Gasteiger charge is -2.33. The van der Waals surface area contributed by atoms with Crippen LogP contribution in [0.2, 0.25) is 0 Å². The number of nitrogens with zero attached hydrogens (tertiary/aromatic N) is 5. The number of nitriles is 1. The normalized spacial score (nSPS) is 16.6. The van der Waals surface area contributed by atoms with Crippen molar-refractivity contribution in [2.24, 2.45) is 0 Å². The molecule has 0 saturated carbocycles. The highest BCUT2D eigenvalue weighted by atomic mass is 16.2. The second-order valence-electron chi connectivity index (χ2n) is 9.44. The van der Waals surface area contributed by atoms with E-state index in [0.717, 1.165) is 65.3 Å². The highest BCUT2D eigenvalue weighted by Crippen LogP contribution is 2.32. The van der Waals surface area contributed by atoms with Gasteiger partial charge in [-0.2, -0.15) is 5.26 Å². The topological polar surface area (TPSA) is 88.9 Å². The van der Waals surface area contributed by atoms with Gasteiger partial charge in [0.1, 0.15) is 0 Å². The number of benzene rings is 2. The third-order valence-electron chi connectivity index (χ3n) is 7.24. The van der Waals surface area contributed by atoms with Gasteiger partial charge in [-0.25, -0.2) is 0 Å². The number of aromatic amines is 1. The number of carbonyl (C=O) groups excluding carboxylic acids is 1. The summed E-state index contributed by atoms with van der Waals surface area (Å²) in [4.78, 5) is 21.1. The quantitative estimate of drug-likeness (QED) is 0.623. The first-order valence-corrected chi connectivity index (χ1v) is 12.1. The van der Waals surface area contributed by atoms with Crippen molar-refractivity contribution < 1.29 is 4.79 Å². The van der Waals surface area contributed by atoms with Crippen molar-refractivity contribution in [2.75, 3.05) is 31.1 Å². The maximum absolute atomic E-state index is 13.5. The molecule has 0 aliphatic carbocycles. The fraction of sp³-hybridized carbons (Fsp3) is 0.407. The second kappa shape index (κ2) is 9.30. The number of hydrogen-bond acceptors (Lipinski definition) is 5. The first-order valence-electron chi connectivity index (χ1n) is 12.1. The molecule has 34 heavy (non-hydrogen) atoms. The number of carbonyl (C=O) groups is 1. The highest BCUT2D eigenvalue weighted by Gasteiger charge is 2.27. The number of aryl methyl sites for hydroxylation is 2. The molecule has 2 fully saturated rings. The van der Waals surface area contributed by atoms with Crippen LogP contribution >= 0.6 is 0 Å². The van der Waals surface area contributed by atoms with E-state index >= 15 is 0 Å². The van der Waals surface area contributed by atoms with E-state index < -0.39 is 0 Å². The predicted octanol–water partition coefficient (Wildman–Crippen LogP) is 4.58. The molecule has 174 valence electrons. The van der Waals surface area contributed by atoms with Crippen molar-refractivity contribution in [1.82, 2.24) is 20.1 Å². The van der Waals surface area contributed by atoms with Gasteiger partial charge >= 0.3 is 0 Å². The summed E-state index contributed by atoms with van der Waals surface area (Å²) in [5.41, 5.74) is 5.53. The zero-order valence-corrected chi connectivity index (χ0v) is 19.8. The van der Waals surface area contributed by atoms with Crippen LogP contribution in [-0.2, 0) is 0 Å². The minimum absolute atomic E-state index is 0.0602. The number of likely N-dealkylation sites (tertiary alicyclic amines) is 1. The Balaban J connectivity index is 1.34. The number of anilines is 1. The molecule has 1 amide bonds. The number of H-pyrrole nitrogens is 1. The van der Waals surface area contributed by atoms with Crippen LogP contribution in [0, 0.1) is 25.2 Å². The lowest BCUT2D eigenvalue weighted by Crippen LogP contribution is -2.38. The van der Waals surface area contributed by atoms with E-state index in [4.69, 9.17) is 0 Å². The molecule has 0 atom stereocenters. The van der Waals surface area contributed by atoms with Crippen LogP contribution in [0.25, 0.3) is 11.4 Å². The maximum atomic E-state index is 13.5. The Morgan fingerprint density at radius 3 is 2.50 bits per heavy atom. The molecule has 2 aliphatic rings. The Labute approximate surface area is 200 Å². The molecule has 3 heterocycles. The molecule has 7 nitrogen and oxygen atoms in total. The third kappa shape index (κ3) is 4.16. The van der Waals surface area contributed by atoms with E-state index in [-0.39, 0.29) is 5.91 Å². The van der Waals surface area contributed by atoms with Crippen molar-refractivity contribution in [3.8, 4) is 17.5 Å². The van der Waals surface area contributed by atoms with Gasteiger partial charge in [-0.3, -0.25) is 4.79 Å². The van der Waals surface area contributed by atoms with Gasteiger partial charge in [0.05, 0.1) is 11.6 Å². The van der Waals surface area contributed by atoms with Gasteiger partial charge < -0.3 is 14.8 Å². The summed E-state index contributed by atoms with van der Waals surface area (Å²) in [6.07, 6.45) is 4.08. The first-order chi connectivity index (χ1) is 16.5. The zero-order valence-electron chi connectivity index (χ0n) is 19.8. The Morgan fingerprint density at radius 2 is 1.76 bits per heavy atom. The van der Waals surface area contributed by atoms with Crippen LogP contribution in [0.15, 0.2) is 36.4 Å². The van der Waals surface area contributed by atoms with E-state index in [1.807, 2.05) is 49.1 Å². The minimum atomic E-state index is 0.0602. The molecule has 7 heteroatoms. The summed E-state index contributed by atoms with van der Waals surface area (Å²) in [5, 5.41) is 18.2. The molecule has 2 aliphatic heterocycles. The Hall–Kier alpha value is -3.66. The molecule has 0 bridgehead atoms. The molecule has 1 N–H and O–H groups in total. The van der Waals surface area contributed by atoms with Gasteiger partial charge in [-0.1, -0.05) is 24.3 Å². The molecular formula is C27H30N6O. The fourth-order valence-electron chi connectivity index (χ4n) is 5.30. The van der Waals surface area contributed by atoms with Crippen LogP contribution in [0.5, 0.6) is 0 Å². The standard InChI is InChI=1S/C27H30N6O/c1-18-15-19(2)24(16-23(18)25-29-27(31-30-25)33-11-5-6-12-33)26(34)32-13-9-20(10-14-32)22-8-4-3-7-21(22)17-28/h3-4,7-8,15-16,20H,5-6,9-14H2,1-2H3,(H,29,30,31). The van der Waals surface area contributed by atoms with Crippen molar-refractivity contribution in [3.63, 3.8) is 0 Å². The fourth-order valence-corrected chi connectivity index (χ4v) is 5.30. The van der Waals surface area contributed by atoms with Crippen LogP contribution < -0.4 is 4.90 Å². The van der Waals surface area contributed by atoms with Gasteiger partial charge in [-0.15, -0.1) is 10.2 Å². The first kappa shape index (κ1) is 22.1. The Morgan fingerprint density at radius 1 is 1.03 bits per heavy atom. The van der Waals surface area contributed by atoms with E-state index in [9.17, 15) is 10.1 Å². The van der Waals surface area contributed by atoms with Crippen LogP contribution in [0.3, 0.4) is 0 Å². The highest BCUT2D eigenvalue weighted by molar-refractivity contribution is 5.97. The number of amides is 1.